The second-order valence-electron chi connectivity index (χ2n) is 10.9. The topological polar surface area (TPSA) is 0 Å². The molecule has 0 saturated heterocycles. The summed E-state index contributed by atoms with van der Waals surface area (Å²) in [5, 5.41) is 1.78. The molecule has 0 N–H and O–H groups in total. The SMILES string of the molecule is Clc1c(Cl)c(Cl)c(-c2ccc([C](c3ccc(-c4c(Cl)c(Cl)c(Cl)c(Cl)c4Cl)cc3)c3ccc(-c4c(Cl)c(Cl)c(Cl)c(Cl)c4Cl)cc3)cc2)c(Cl)c1Cl. The minimum absolute atomic E-state index is 0.0673. The summed E-state index contributed by atoms with van der Waals surface area (Å²) >= 11 is 96.4. The quantitative estimate of drug-likeness (QED) is 0.0886. The molecule has 265 valence electrons. The zero-order chi connectivity index (χ0) is 37.9. The Hall–Kier alpha value is -0.330. The molecule has 0 unspecified atom stereocenters. The molecular weight excluding hydrogens is 976 g/mol. The van der Waals surface area contributed by atoms with Gasteiger partial charge in [-0.05, 0) is 33.4 Å². The molecular formula is C37H12Cl15. The van der Waals surface area contributed by atoms with E-state index in [1.165, 1.54) is 0 Å². The van der Waals surface area contributed by atoms with E-state index in [-0.39, 0.29) is 75.3 Å². The van der Waals surface area contributed by atoms with Crippen LogP contribution in [-0.4, -0.2) is 0 Å². The average Bonchev–Trinajstić information content (AvgIpc) is 3.15. The first kappa shape index (κ1) is 41.3. The number of hydrogen-bond donors (Lipinski definition) is 0. The van der Waals surface area contributed by atoms with E-state index in [4.69, 9.17) is 174 Å². The van der Waals surface area contributed by atoms with Gasteiger partial charge in [0.25, 0.3) is 0 Å². The smallest absolute Gasteiger partial charge is 0.0809 e. The molecule has 0 amide bonds. The molecule has 0 aliphatic heterocycles. The summed E-state index contributed by atoms with van der Waals surface area (Å²) in [6.45, 7) is 0. The highest BCUT2D eigenvalue weighted by Gasteiger charge is 2.25. The third-order valence-corrected chi connectivity index (χ3v) is 14.8. The Morgan fingerprint density at radius 1 is 0.212 bits per heavy atom. The minimum atomic E-state index is 0.0673. The van der Waals surface area contributed by atoms with Crippen molar-refractivity contribution < 1.29 is 0 Å². The van der Waals surface area contributed by atoms with Gasteiger partial charge in [-0.3, -0.25) is 0 Å². The van der Waals surface area contributed by atoms with Crippen LogP contribution in [0.4, 0.5) is 0 Å². The molecule has 6 aromatic rings. The second kappa shape index (κ2) is 16.6. The van der Waals surface area contributed by atoms with E-state index >= 15 is 0 Å². The highest BCUT2D eigenvalue weighted by atomic mass is 35.5. The molecule has 0 bridgehead atoms. The molecule has 0 aliphatic carbocycles. The van der Waals surface area contributed by atoms with Crippen LogP contribution in [0.5, 0.6) is 0 Å². The molecule has 0 fully saturated rings. The highest BCUT2D eigenvalue weighted by molar-refractivity contribution is 6.58. The Morgan fingerprint density at radius 3 is 0.538 bits per heavy atom. The molecule has 0 spiro atoms. The van der Waals surface area contributed by atoms with E-state index < -0.39 is 0 Å². The van der Waals surface area contributed by atoms with Crippen molar-refractivity contribution >= 4 is 174 Å². The molecule has 0 aliphatic rings. The molecule has 0 atom stereocenters. The van der Waals surface area contributed by atoms with E-state index in [1.54, 1.807) is 0 Å². The van der Waals surface area contributed by atoms with Crippen molar-refractivity contribution in [3.8, 4) is 33.4 Å². The first-order valence-corrected chi connectivity index (χ1v) is 20.0. The summed E-state index contributed by atoms with van der Waals surface area (Å²) < 4.78 is 0. The van der Waals surface area contributed by atoms with Crippen LogP contribution in [0.25, 0.3) is 33.4 Å². The van der Waals surface area contributed by atoms with Crippen LogP contribution in [0.15, 0.2) is 72.8 Å². The average molecular weight is 988 g/mol. The van der Waals surface area contributed by atoms with Crippen LogP contribution in [0, 0.1) is 5.92 Å². The summed E-state index contributed by atoms with van der Waals surface area (Å²) in [5.74, 6) is 0.836. The lowest BCUT2D eigenvalue weighted by Gasteiger charge is -2.21. The summed E-state index contributed by atoms with van der Waals surface area (Å²) in [7, 11) is 0. The fourth-order valence-corrected chi connectivity index (χ4v) is 9.56. The number of halogens is 15. The van der Waals surface area contributed by atoms with E-state index in [0.717, 1.165) is 22.6 Å². The number of hydrogen-bond acceptors (Lipinski definition) is 0. The zero-order valence-electron chi connectivity index (χ0n) is 25.1. The first-order chi connectivity index (χ1) is 24.6. The molecule has 0 heterocycles. The van der Waals surface area contributed by atoms with Gasteiger partial charge in [0, 0.05) is 16.7 Å². The lowest BCUT2D eigenvalue weighted by atomic mass is 9.83. The van der Waals surface area contributed by atoms with Crippen LogP contribution < -0.4 is 0 Å². The van der Waals surface area contributed by atoms with Gasteiger partial charge < -0.3 is 0 Å². The Balaban J connectivity index is 1.48. The summed E-state index contributed by atoms with van der Waals surface area (Å²) in [5.41, 5.74) is 5.76. The van der Waals surface area contributed by atoms with Crippen molar-refractivity contribution in [2.45, 2.75) is 0 Å². The summed E-state index contributed by atoms with van der Waals surface area (Å²) in [6.07, 6.45) is 0. The van der Waals surface area contributed by atoms with Crippen molar-refractivity contribution in [2.75, 3.05) is 0 Å². The highest BCUT2D eigenvalue weighted by Crippen LogP contribution is 2.51. The summed E-state index contributed by atoms with van der Waals surface area (Å²) in [6, 6.07) is 22.6. The fraction of sp³-hybridized carbons (Fsp3) is 0. The van der Waals surface area contributed by atoms with Crippen molar-refractivity contribution in [1.29, 1.82) is 0 Å². The maximum atomic E-state index is 6.59. The molecule has 1 radical (unpaired) electrons. The minimum Gasteiger partial charge on any atom is -0.0819 e. The fourth-order valence-electron chi connectivity index (χ4n) is 5.49. The Morgan fingerprint density at radius 2 is 0.365 bits per heavy atom. The zero-order valence-corrected chi connectivity index (χ0v) is 36.4. The van der Waals surface area contributed by atoms with E-state index in [9.17, 15) is 0 Å². The normalized spacial score (nSPS) is 11.5. The predicted octanol–water partition coefficient (Wildman–Crippen LogP) is 19.5. The molecule has 15 heteroatoms. The van der Waals surface area contributed by atoms with Gasteiger partial charge in [0.05, 0.1) is 81.3 Å². The monoisotopic (exact) mass is 981 g/mol. The second-order valence-corrected chi connectivity index (χ2v) is 16.6. The molecule has 0 nitrogen and oxygen atoms in total. The third kappa shape index (κ3) is 7.45. The van der Waals surface area contributed by atoms with Crippen molar-refractivity contribution in [3.63, 3.8) is 0 Å². The van der Waals surface area contributed by atoms with Crippen LogP contribution in [-0.2, 0) is 0 Å². The van der Waals surface area contributed by atoms with E-state index in [1.807, 2.05) is 72.8 Å². The third-order valence-electron chi connectivity index (χ3n) is 8.02. The van der Waals surface area contributed by atoms with Crippen LogP contribution in [0.1, 0.15) is 16.7 Å². The first-order valence-electron chi connectivity index (χ1n) is 14.3. The van der Waals surface area contributed by atoms with Gasteiger partial charge in [0.2, 0.25) is 0 Å². The van der Waals surface area contributed by atoms with Gasteiger partial charge in [-0.25, -0.2) is 0 Å². The molecule has 52 heavy (non-hydrogen) atoms. The van der Waals surface area contributed by atoms with Crippen molar-refractivity contribution in [2.24, 2.45) is 0 Å². The maximum Gasteiger partial charge on any atom is 0.0809 e. The lowest BCUT2D eigenvalue weighted by molar-refractivity contribution is 1.23. The molecule has 0 aromatic heterocycles. The van der Waals surface area contributed by atoms with Crippen LogP contribution in [0.2, 0.25) is 75.3 Å². The maximum absolute atomic E-state index is 6.59. The molecule has 6 aromatic carbocycles. The number of benzene rings is 6. The lowest BCUT2D eigenvalue weighted by Crippen LogP contribution is -2.05. The predicted molar refractivity (Wildman–Crippen MR) is 231 cm³/mol. The van der Waals surface area contributed by atoms with Gasteiger partial charge in [-0.15, -0.1) is 0 Å². The van der Waals surface area contributed by atoms with E-state index in [0.29, 0.717) is 33.4 Å². The van der Waals surface area contributed by atoms with Gasteiger partial charge in [0.1, 0.15) is 0 Å². The largest absolute Gasteiger partial charge is 0.0819 e. The number of rotatable bonds is 6. The van der Waals surface area contributed by atoms with Gasteiger partial charge in [0.15, 0.2) is 0 Å². The Bertz CT molecular complexity index is 2030. The summed E-state index contributed by atoms with van der Waals surface area (Å²) in [4.78, 5) is 0. The molecule has 0 saturated carbocycles. The van der Waals surface area contributed by atoms with Gasteiger partial charge in [-0.2, -0.15) is 0 Å². The molecule has 6 rings (SSSR count). The van der Waals surface area contributed by atoms with E-state index in [2.05, 4.69) is 0 Å². The van der Waals surface area contributed by atoms with Crippen LogP contribution >= 0.6 is 174 Å². The van der Waals surface area contributed by atoms with Crippen molar-refractivity contribution in [3.05, 3.63) is 171 Å². The van der Waals surface area contributed by atoms with Crippen LogP contribution in [0.3, 0.4) is 0 Å². The Kier molecular flexibility index (Phi) is 13.2. The van der Waals surface area contributed by atoms with Gasteiger partial charge in [-0.1, -0.05) is 247 Å². The standard InChI is InChI=1S/C37H12Cl15/c38-23-20(24(39)30(45)35(50)29(23)44)16-7-1-13(2-8-16)19(14-3-9-17(10-4-14)21-25(40)31(46)36(51)32(47)26(21)41)15-5-11-18(12-6-15)22-27(42)33(48)37(52)34(49)28(22)43/h1-12H. The Labute approximate surface area is 374 Å². The van der Waals surface area contributed by atoms with Gasteiger partial charge >= 0.3 is 0 Å². The van der Waals surface area contributed by atoms with Crippen molar-refractivity contribution in [1.82, 2.24) is 0 Å².